The summed E-state index contributed by atoms with van der Waals surface area (Å²) in [6.45, 7) is 1.34. The monoisotopic (exact) mass is 212 g/mol. The van der Waals surface area contributed by atoms with Crippen molar-refractivity contribution in [2.75, 3.05) is 20.1 Å². The maximum atomic E-state index is 11.5. The van der Waals surface area contributed by atoms with Crippen molar-refractivity contribution >= 4 is 17.5 Å². The Hall–Kier alpha value is -1.06. The number of carbonyl (C=O) groups is 1. The minimum Gasteiger partial charge on any atom is -0.351 e. The highest BCUT2D eigenvalue weighted by Gasteiger charge is 2.07. The third-order valence-electron chi connectivity index (χ3n) is 1.78. The van der Waals surface area contributed by atoms with E-state index in [0.29, 0.717) is 17.1 Å². The molecular formula is C10H13ClN2O. The Morgan fingerprint density at radius 3 is 2.71 bits per heavy atom. The van der Waals surface area contributed by atoms with Crippen LogP contribution >= 0.6 is 11.6 Å². The number of benzene rings is 1. The van der Waals surface area contributed by atoms with E-state index in [-0.39, 0.29) is 5.91 Å². The molecular weight excluding hydrogens is 200 g/mol. The number of carbonyl (C=O) groups excluding carboxylic acids is 1. The summed E-state index contributed by atoms with van der Waals surface area (Å²) in [5, 5.41) is 6.18. The Kier molecular flexibility index (Phi) is 4.43. The molecule has 0 aliphatic heterocycles. The lowest BCUT2D eigenvalue weighted by atomic mass is 10.2. The molecule has 0 aliphatic rings. The number of halogens is 1. The molecule has 0 radical (unpaired) electrons. The standard InChI is InChI=1S/C10H13ClN2O/c1-12-6-7-13-10(14)8-4-2-3-5-9(8)11/h2-5,12H,6-7H2,1H3,(H,13,14). The van der Waals surface area contributed by atoms with Gasteiger partial charge in [0.15, 0.2) is 0 Å². The van der Waals surface area contributed by atoms with Gasteiger partial charge in [-0.05, 0) is 19.2 Å². The highest BCUT2D eigenvalue weighted by Crippen LogP contribution is 2.14. The first-order valence-corrected chi connectivity index (χ1v) is 4.81. The van der Waals surface area contributed by atoms with Crippen molar-refractivity contribution in [2.45, 2.75) is 0 Å². The molecule has 0 saturated carbocycles. The number of amides is 1. The molecule has 1 rings (SSSR count). The first kappa shape index (κ1) is 11.0. The van der Waals surface area contributed by atoms with Crippen molar-refractivity contribution < 1.29 is 4.79 Å². The maximum absolute atomic E-state index is 11.5. The lowest BCUT2D eigenvalue weighted by Gasteiger charge is -2.05. The molecule has 0 saturated heterocycles. The fourth-order valence-corrected chi connectivity index (χ4v) is 1.26. The average Bonchev–Trinajstić information content (AvgIpc) is 2.18. The van der Waals surface area contributed by atoms with Gasteiger partial charge < -0.3 is 10.6 Å². The molecule has 0 spiro atoms. The average molecular weight is 213 g/mol. The minimum atomic E-state index is -0.133. The van der Waals surface area contributed by atoms with Crippen LogP contribution in [0, 0.1) is 0 Å². The van der Waals surface area contributed by atoms with Gasteiger partial charge in [-0.2, -0.15) is 0 Å². The largest absolute Gasteiger partial charge is 0.351 e. The maximum Gasteiger partial charge on any atom is 0.252 e. The molecule has 2 N–H and O–H groups in total. The van der Waals surface area contributed by atoms with Crippen LogP contribution in [0.1, 0.15) is 10.4 Å². The van der Waals surface area contributed by atoms with E-state index in [9.17, 15) is 4.79 Å². The summed E-state index contributed by atoms with van der Waals surface area (Å²) >= 11 is 5.86. The summed E-state index contributed by atoms with van der Waals surface area (Å²) in [6, 6.07) is 7.00. The molecule has 0 aromatic heterocycles. The molecule has 3 nitrogen and oxygen atoms in total. The van der Waals surface area contributed by atoms with Crippen LogP contribution in [0.15, 0.2) is 24.3 Å². The van der Waals surface area contributed by atoms with Gasteiger partial charge in [-0.1, -0.05) is 23.7 Å². The lowest BCUT2D eigenvalue weighted by molar-refractivity contribution is 0.0954. The zero-order valence-electron chi connectivity index (χ0n) is 8.01. The van der Waals surface area contributed by atoms with Crippen LogP contribution in [0.5, 0.6) is 0 Å². The number of hydrogen-bond acceptors (Lipinski definition) is 2. The van der Waals surface area contributed by atoms with Crippen LogP contribution in [0.3, 0.4) is 0 Å². The quantitative estimate of drug-likeness (QED) is 0.739. The van der Waals surface area contributed by atoms with Crippen molar-refractivity contribution in [1.29, 1.82) is 0 Å². The predicted octanol–water partition coefficient (Wildman–Crippen LogP) is 1.29. The molecule has 0 fully saturated rings. The molecule has 0 aliphatic carbocycles. The third kappa shape index (κ3) is 3.01. The van der Waals surface area contributed by atoms with Gasteiger partial charge >= 0.3 is 0 Å². The zero-order chi connectivity index (χ0) is 10.4. The summed E-state index contributed by atoms with van der Waals surface area (Å²) in [7, 11) is 1.83. The molecule has 0 atom stereocenters. The second-order valence-electron chi connectivity index (χ2n) is 2.84. The fourth-order valence-electron chi connectivity index (χ4n) is 1.04. The molecule has 1 aromatic carbocycles. The van der Waals surface area contributed by atoms with E-state index >= 15 is 0 Å². The highest BCUT2D eigenvalue weighted by molar-refractivity contribution is 6.33. The van der Waals surface area contributed by atoms with Gasteiger partial charge in [0.1, 0.15) is 0 Å². The van der Waals surface area contributed by atoms with Crippen molar-refractivity contribution in [1.82, 2.24) is 10.6 Å². The van der Waals surface area contributed by atoms with Crippen LogP contribution < -0.4 is 10.6 Å². The number of likely N-dealkylation sites (N-methyl/N-ethyl adjacent to an activating group) is 1. The van der Waals surface area contributed by atoms with E-state index in [1.807, 2.05) is 7.05 Å². The Morgan fingerprint density at radius 2 is 2.07 bits per heavy atom. The SMILES string of the molecule is CNCCNC(=O)c1ccccc1Cl. The normalized spacial score (nSPS) is 9.86. The predicted molar refractivity (Wildman–Crippen MR) is 57.7 cm³/mol. The summed E-state index contributed by atoms with van der Waals surface area (Å²) in [6.07, 6.45) is 0. The molecule has 4 heteroatoms. The van der Waals surface area contributed by atoms with E-state index in [1.165, 1.54) is 0 Å². The van der Waals surface area contributed by atoms with Gasteiger partial charge in [0.25, 0.3) is 5.91 Å². The van der Waals surface area contributed by atoms with Crippen molar-refractivity contribution in [3.05, 3.63) is 34.9 Å². The van der Waals surface area contributed by atoms with E-state index in [2.05, 4.69) is 10.6 Å². The lowest BCUT2D eigenvalue weighted by Crippen LogP contribution is -2.30. The van der Waals surface area contributed by atoms with Crippen LogP contribution in [0.4, 0.5) is 0 Å². The molecule has 14 heavy (non-hydrogen) atoms. The third-order valence-corrected chi connectivity index (χ3v) is 2.11. The van der Waals surface area contributed by atoms with Crippen LogP contribution in [0.2, 0.25) is 5.02 Å². The number of rotatable bonds is 4. The summed E-state index contributed by atoms with van der Waals surface area (Å²) in [5.41, 5.74) is 0.519. The molecule has 0 unspecified atom stereocenters. The second-order valence-corrected chi connectivity index (χ2v) is 3.25. The topological polar surface area (TPSA) is 41.1 Å². The zero-order valence-corrected chi connectivity index (χ0v) is 8.77. The second kappa shape index (κ2) is 5.62. The highest BCUT2D eigenvalue weighted by atomic mass is 35.5. The van der Waals surface area contributed by atoms with Gasteiger partial charge in [-0.15, -0.1) is 0 Å². The Labute approximate surface area is 88.5 Å². The van der Waals surface area contributed by atoms with E-state index < -0.39 is 0 Å². The van der Waals surface area contributed by atoms with Gasteiger partial charge in [0, 0.05) is 13.1 Å². The first-order chi connectivity index (χ1) is 6.75. The smallest absolute Gasteiger partial charge is 0.252 e. The van der Waals surface area contributed by atoms with Crippen molar-refractivity contribution in [2.24, 2.45) is 0 Å². The van der Waals surface area contributed by atoms with Crippen LogP contribution in [0.25, 0.3) is 0 Å². The van der Waals surface area contributed by atoms with E-state index in [0.717, 1.165) is 6.54 Å². The van der Waals surface area contributed by atoms with Crippen molar-refractivity contribution in [3.63, 3.8) is 0 Å². The Morgan fingerprint density at radius 1 is 1.36 bits per heavy atom. The molecule has 0 bridgehead atoms. The number of hydrogen-bond donors (Lipinski definition) is 2. The van der Waals surface area contributed by atoms with Gasteiger partial charge in [0.05, 0.1) is 10.6 Å². The van der Waals surface area contributed by atoms with Gasteiger partial charge in [0.2, 0.25) is 0 Å². The first-order valence-electron chi connectivity index (χ1n) is 4.43. The van der Waals surface area contributed by atoms with E-state index in [4.69, 9.17) is 11.6 Å². The minimum absolute atomic E-state index is 0.133. The van der Waals surface area contributed by atoms with Crippen molar-refractivity contribution in [3.8, 4) is 0 Å². The summed E-state index contributed by atoms with van der Waals surface area (Å²) in [5.74, 6) is -0.133. The molecule has 0 heterocycles. The summed E-state index contributed by atoms with van der Waals surface area (Å²) in [4.78, 5) is 11.5. The molecule has 1 amide bonds. The fraction of sp³-hybridized carbons (Fsp3) is 0.300. The molecule has 1 aromatic rings. The van der Waals surface area contributed by atoms with Gasteiger partial charge in [-0.25, -0.2) is 0 Å². The van der Waals surface area contributed by atoms with Gasteiger partial charge in [-0.3, -0.25) is 4.79 Å². The number of nitrogens with one attached hydrogen (secondary N) is 2. The Balaban J connectivity index is 2.56. The molecule has 76 valence electrons. The van der Waals surface area contributed by atoms with Crippen LogP contribution in [-0.2, 0) is 0 Å². The Bertz CT molecular complexity index is 315. The van der Waals surface area contributed by atoms with E-state index in [1.54, 1.807) is 24.3 Å². The summed E-state index contributed by atoms with van der Waals surface area (Å²) < 4.78 is 0. The van der Waals surface area contributed by atoms with Crippen LogP contribution in [-0.4, -0.2) is 26.0 Å².